The number of carbonyl (C=O) groups is 1. The molecule has 9 nitrogen and oxygen atoms in total. The molecule has 0 aliphatic carbocycles. The average Bonchev–Trinajstić information content (AvgIpc) is 2.93. The van der Waals surface area contributed by atoms with Crippen LogP contribution in [-0.2, 0) is 21.4 Å². The van der Waals surface area contributed by atoms with Crippen molar-refractivity contribution >= 4 is 28.6 Å². The maximum absolute atomic E-state index is 12.0. The van der Waals surface area contributed by atoms with Gasteiger partial charge in [0.25, 0.3) is 0 Å². The van der Waals surface area contributed by atoms with Gasteiger partial charge >= 0.3 is 0 Å². The lowest BCUT2D eigenvalue weighted by molar-refractivity contribution is -0.124. The number of hydrogen-bond acceptors (Lipinski definition) is 7. The van der Waals surface area contributed by atoms with E-state index in [2.05, 4.69) is 38.6 Å². The predicted molar refractivity (Wildman–Crippen MR) is 68.8 cm³/mol. The minimum absolute atomic E-state index is 0.0979. The van der Waals surface area contributed by atoms with E-state index in [4.69, 9.17) is 0 Å². The lowest BCUT2D eigenvalue weighted by Crippen LogP contribution is -2.45. The number of hydrogen-bond donors (Lipinski definition) is 3. The molecule has 1 fully saturated rings. The summed E-state index contributed by atoms with van der Waals surface area (Å²) in [6.45, 7) is 0.336. The molecule has 0 saturated carbocycles. The molecule has 11 heteroatoms. The minimum atomic E-state index is -3.43. The third-order valence-electron chi connectivity index (χ3n) is 2.77. The first-order valence-corrected chi connectivity index (χ1v) is 7.89. The molecule has 1 aromatic rings. The summed E-state index contributed by atoms with van der Waals surface area (Å²) in [7, 11) is -3.43. The summed E-state index contributed by atoms with van der Waals surface area (Å²) in [5.41, 5.74) is 0. The van der Waals surface area contributed by atoms with E-state index in [9.17, 15) is 13.2 Å². The molecule has 19 heavy (non-hydrogen) atoms. The Morgan fingerprint density at radius 2 is 2.37 bits per heavy atom. The van der Waals surface area contributed by atoms with Crippen LogP contribution < -0.4 is 5.32 Å². The van der Waals surface area contributed by atoms with Gasteiger partial charge in [0.2, 0.25) is 15.9 Å². The highest BCUT2D eigenvalue weighted by Crippen LogP contribution is 2.24. The van der Waals surface area contributed by atoms with Gasteiger partial charge in [-0.05, 0) is 6.42 Å². The van der Waals surface area contributed by atoms with Crippen LogP contribution in [0, 0.1) is 0 Å². The molecule has 2 heterocycles. The Bertz CT molecular complexity index is 545. The van der Waals surface area contributed by atoms with Crippen LogP contribution in [0.5, 0.6) is 0 Å². The monoisotopic (exact) mass is 306 g/mol. The van der Waals surface area contributed by atoms with E-state index in [0.29, 0.717) is 12.2 Å². The van der Waals surface area contributed by atoms with E-state index in [0.717, 1.165) is 10.6 Å². The molecule has 2 atom stereocenters. The summed E-state index contributed by atoms with van der Waals surface area (Å²) in [5.74, 6) is -0.0496. The summed E-state index contributed by atoms with van der Waals surface area (Å²) in [6.07, 6.45) is 1.46. The Kier molecular flexibility index (Phi) is 4.06. The van der Waals surface area contributed by atoms with E-state index in [1.54, 1.807) is 0 Å². The maximum atomic E-state index is 12.0. The van der Waals surface area contributed by atoms with Crippen molar-refractivity contribution < 1.29 is 13.2 Å². The molecule has 0 spiro atoms. The third-order valence-corrected chi connectivity index (χ3v) is 4.40. The molecule has 0 bridgehead atoms. The number of aromatic nitrogens is 4. The highest BCUT2D eigenvalue weighted by atomic mass is 32.2. The van der Waals surface area contributed by atoms with Crippen molar-refractivity contribution in [2.24, 2.45) is 0 Å². The van der Waals surface area contributed by atoms with Crippen molar-refractivity contribution in [2.75, 3.05) is 12.8 Å². The predicted octanol–water partition coefficient (Wildman–Crippen LogP) is -1.85. The molecule has 0 unspecified atom stereocenters. The van der Waals surface area contributed by atoms with Gasteiger partial charge in [0.15, 0.2) is 5.82 Å². The lowest BCUT2D eigenvalue weighted by Gasteiger charge is -2.20. The number of nitrogens with zero attached hydrogens (tertiary/aromatic N) is 4. The van der Waals surface area contributed by atoms with Crippen molar-refractivity contribution in [1.29, 1.82) is 0 Å². The smallest absolute Gasteiger partial charge is 0.238 e. The van der Waals surface area contributed by atoms with Gasteiger partial charge in [0, 0.05) is 11.8 Å². The quantitative estimate of drug-likeness (QED) is 0.561. The number of aromatic amines is 1. The summed E-state index contributed by atoms with van der Waals surface area (Å²) >= 11 is 4.24. The number of amides is 1. The molecular weight excluding hydrogens is 292 g/mol. The fourth-order valence-electron chi connectivity index (χ4n) is 1.93. The van der Waals surface area contributed by atoms with E-state index >= 15 is 0 Å². The van der Waals surface area contributed by atoms with Gasteiger partial charge in [-0.25, -0.2) is 8.42 Å². The largest absolute Gasteiger partial charge is 0.347 e. The van der Waals surface area contributed by atoms with Crippen molar-refractivity contribution in [2.45, 2.75) is 24.3 Å². The van der Waals surface area contributed by atoms with Crippen molar-refractivity contribution in [3.63, 3.8) is 0 Å². The second-order valence-corrected chi connectivity index (χ2v) is 6.95. The van der Waals surface area contributed by atoms with Gasteiger partial charge in [-0.15, -0.1) is 10.2 Å². The fraction of sp³-hybridized carbons (Fsp3) is 0.750. The molecule has 0 radical (unpaired) electrons. The van der Waals surface area contributed by atoms with Crippen molar-refractivity contribution in [1.82, 2.24) is 30.2 Å². The van der Waals surface area contributed by atoms with E-state index in [1.165, 1.54) is 0 Å². The van der Waals surface area contributed by atoms with Crippen molar-refractivity contribution in [3.05, 3.63) is 5.82 Å². The summed E-state index contributed by atoms with van der Waals surface area (Å²) in [4.78, 5) is 12.0. The number of nitrogens with one attached hydrogen (secondary N) is 2. The van der Waals surface area contributed by atoms with Gasteiger partial charge in [0.1, 0.15) is 6.04 Å². The maximum Gasteiger partial charge on any atom is 0.238 e. The second-order valence-electron chi connectivity index (χ2n) is 4.28. The molecule has 1 aliphatic rings. The number of tetrazole rings is 1. The Morgan fingerprint density at radius 3 is 2.95 bits per heavy atom. The first-order valence-electron chi connectivity index (χ1n) is 5.53. The van der Waals surface area contributed by atoms with Crippen LogP contribution in [0.15, 0.2) is 0 Å². The number of sulfonamides is 1. The van der Waals surface area contributed by atoms with Crippen LogP contribution in [0.4, 0.5) is 0 Å². The van der Waals surface area contributed by atoms with Gasteiger partial charge in [-0.3, -0.25) is 4.79 Å². The SMILES string of the molecule is CS(=O)(=O)N1C[C@H](S)C[C@H]1C(=O)NCc1nn[nH]n1. The molecule has 2 N–H and O–H groups in total. The number of rotatable bonds is 4. The summed E-state index contributed by atoms with van der Waals surface area (Å²) < 4.78 is 24.4. The molecule has 2 rings (SSSR count). The zero-order valence-corrected chi connectivity index (χ0v) is 11.9. The number of thiol groups is 1. The molecule has 1 aromatic heterocycles. The lowest BCUT2D eigenvalue weighted by atomic mass is 10.2. The van der Waals surface area contributed by atoms with Crippen LogP contribution >= 0.6 is 12.6 Å². The summed E-state index contributed by atoms with van der Waals surface area (Å²) in [6, 6.07) is -0.732. The number of H-pyrrole nitrogens is 1. The Labute approximate surface area is 115 Å². The summed E-state index contributed by atoms with van der Waals surface area (Å²) in [5, 5.41) is 15.4. The Hall–Kier alpha value is -1.20. The molecule has 1 aliphatic heterocycles. The van der Waals surface area contributed by atoms with E-state index in [-0.39, 0.29) is 24.2 Å². The average molecular weight is 306 g/mol. The molecule has 1 saturated heterocycles. The van der Waals surface area contributed by atoms with Gasteiger partial charge in [-0.1, -0.05) is 5.21 Å². The second kappa shape index (κ2) is 5.43. The number of carbonyl (C=O) groups excluding carboxylic acids is 1. The first-order chi connectivity index (χ1) is 8.88. The van der Waals surface area contributed by atoms with Crippen LogP contribution in [0.25, 0.3) is 0 Å². The van der Waals surface area contributed by atoms with Crippen LogP contribution in [0.1, 0.15) is 12.2 Å². The minimum Gasteiger partial charge on any atom is -0.347 e. The topological polar surface area (TPSA) is 121 Å². The van der Waals surface area contributed by atoms with E-state index < -0.39 is 16.1 Å². The van der Waals surface area contributed by atoms with Crippen LogP contribution in [0.3, 0.4) is 0 Å². The normalized spacial score (nSPS) is 24.5. The molecular formula is C8H14N6O3S2. The van der Waals surface area contributed by atoms with Crippen molar-refractivity contribution in [3.8, 4) is 0 Å². The Balaban J connectivity index is 2.01. The zero-order valence-electron chi connectivity index (χ0n) is 10.1. The Morgan fingerprint density at radius 1 is 1.63 bits per heavy atom. The van der Waals surface area contributed by atoms with Gasteiger partial charge in [0.05, 0.1) is 12.8 Å². The molecule has 0 aromatic carbocycles. The van der Waals surface area contributed by atoms with E-state index in [1.807, 2.05) is 0 Å². The molecule has 1 amide bonds. The fourth-order valence-corrected chi connectivity index (χ4v) is 3.51. The van der Waals surface area contributed by atoms with Gasteiger partial charge in [-0.2, -0.15) is 22.1 Å². The highest BCUT2D eigenvalue weighted by molar-refractivity contribution is 7.88. The standard InChI is InChI=1S/C8H14N6O3S2/c1-19(16,17)14-4-5(18)2-6(14)8(15)9-3-7-10-12-13-11-7/h5-6,18H,2-4H2,1H3,(H,9,15)(H,10,11,12,13)/t5-,6+/m1/s1. The first kappa shape index (κ1) is 14.2. The highest BCUT2D eigenvalue weighted by Gasteiger charge is 2.40. The zero-order chi connectivity index (χ0) is 14.0. The van der Waals surface area contributed by atoms with Crippen LogP contribution in [-0.4, -0.2) is 63.3 Å². The third kappa shape index (κ3) is 3.42. The van der Waals surface area contributed by atoms with Crippen LogP contribution in [0.2, 0.25) is 0 Å². The molecule has 106 valence electrons. The van der Waals surface area contributed by atoms with Gasteiger partial charge < -0.3 is 5.32 Å².